The van der Waals surface area contributed by atoms with Crippen LogP contribution < -0.4 is 5.73 Å². The van der Waals surface area contributed by atoms with Crippen molar-refractivity contribution in [3.05, 3.63) is 17.5 Å². The van der Waals surface area contributed by atoms with Gasteiger partial charge in [-0.15, -0.1) is 12.4 Å². The SMILES string of the molecule is CC(N)c1cn(C)nc1C(F)(F)F.Cl. The molecule has 1 aromatic heterocycles. The minimum Gasteiger partial charge on any atom is -0.324 e. The van der Waals surface area contributed by atoms with Crippen LogP contribution in [0.15, 0.2) is 6.20 Å². The molecule has 82 valence electrons. The van der Waals surface area contributed by atoms with Crippen molar-refractivity contribution in [3.63, 3.8) is 0 Å². The minimum atomic E-state index is -4.43. The predicted molar refractivity (Wildman–Crippen MR) is 48.1 cm³/mol. The third kappa shape index (κ3) is 2.62. The van der Waals surface area contributed by atoms with Crippen molar-refractivity contribution in [2.45, 2.75) is 19.1 Å². The predicted octanol–water partition coefficient (Wildman–Crippen LogP) is 1.88. The quantitative estimate of drug-likeness (QED) is 0.799. The number of alkyl halides is 3. The molecule has 0 aliphatic rings. The van der Waals surface area contributed by atoms with Crippen LogP contribution in [0.25, 0.3) is 0 Å². The lowest BCUT2D eigenvalue weighted by atomic mass is 10.1. The number of hydrogen-bond acceptors (Lipinski definition) is 2. The van der Waals surface area contributed by atoms with E-state index in [4.69, 9.17) is 5.73 Å². The molecule has 14 heavy (non-hydrogen) atoms. The van der Waals surface area contributed by atoms with Crippen LogP contribution in [0.3, 0.4) is 0 Å². The number of aromatic nitrogens is 2. The maximum atomic E-state index is 12.3. The zero-order valence-electron chi connectivity index (χ0n) is 7.67. The fourth-order valence-corrected chi connectivity index (χ4v) is 1.06. The largest absolute Gasteiger partial charge is 0.435 e. The molecule has 1 atom stereocenters. The summed E-state index contributed by atoms with van der Waals surface area (Å²) in [4.78, 5) is 0. The van der Waals surface area contributed by atoms with Gasteiger partial charge in [0, 0.05) is 24.8 Å². The summed E-state index contributed by atoms with van der Waals surface area (Å²) < 4.78 is 38.0. The first-order chi connectivity index (χ1) is 5.82. The van der Waals surface area contributed by atoms with Gasteiger partial charge in [0.2, 0.25) is 0 Å². The van der Waals surface area contributed by atoms with Gasteiger partial charge in [0.25, 0.3) is 0 Å². The molecule has 3 nitrogen and oxygen atoms in total. The van der Waals surface area contributed by atoms with Crippen LogP contribution in [0.4, 0.5) is 13.2 Å². The fraction of sp³-hybridized carbons (Fsp3) is 0.571. The molecule has 1 unspecified atom stereocenters. The molecule has 0 aliphatic heterocycles. The molecule has 2 N–H and O–H groups in total. The lowest BCUT2D eigenvalue weighted by molar-refractivity contribution is -0.142. The summed E-state index contributed by atoms with van der Waals surface area (Å²) in [6.07, 6.45) is -3.14. The van der Waals surface area contributed by atoms with Gasteiger partial charge in [-0.2, -0.15) is 18.3 Å². The lowest BCUT2D eigenvalue weighted by Gasteiger charge is -2.07. The van der Waals surface area contributed by atoms with E-state index in [0.717, 1.165) is 4.68 Å². The van der Waals surface area contributed by atoms with Crippen LogP contribution in [0.5, 0.6) is 0 Å². The zero-order valence-corrected chi connectivity index (χ0v) is 8.49. The van der Waals surface area contributed by atoms with Crippen molar-refractivity contribution in [2.75, 3.05) is 0 Å². The first kappa shape index (κ1) is 13.2. The van der Waals surface area contributed by atoms with E-state index >= 15 is 0 Å². The Labute approximate surface area is 85.5 Å². The first-order valence-corrected chi connectivity index (χ1v) is 3.68. The molecular formula is C7H11ClF3N3. The standard InChI is InChI=1S/C7H10F3N3.ClH/c1-4(11)5-3-13(2)12-6(5)7(8,9)10;/h3-4H,11H2,1-2H3;1H. The second-order valence-corrected chi connectivity index (χ2v) is 2.89. The molecule has 0 aromatic carbocycles. The van der Waals surface area contributed by atoms with Gasteiger partial charge in [-0.1, -0.05) is 0 Å². The van der Waals surface area contributed by atoms with Crippen molar-refractivity contribution in [3.8, 4) is 0 Å². The van der Waals surface area contributed by atoms with Crippen LogP contribution in [-0.2, 0) is 13.2 Å². The second-order valence-electron chi connectivity index (χ2n) is 2.89. The van der Waals surface area contributed by atoms with Gasteiger partial charge in [0.1, 0.15) is 0 Å². The number of nitrogens with zero attached hydrogens (tertiary/aromatic N) is 2. The molecule has 0 amide bonds. The number of aryl methyl sites for hydroxylation is 1. The Morgan fingerprint density at radius 3 is 2.29 bits per heavy atom. The van der Waals surface area contributed by atoms with Gasteiger partial charge >= 0.3 is 6.18 Å². The lowest BCUT2D eigenvalue weighted by Crippen LogP contribution is -2.14. The van der Waals surface area contributed by atoms with Crippen molar-refractivity contribution in [2.24, 2.45) is 12.8 Å². The topological polar surface area (TPSA) is 43.8 Å². The van der Waals surface area contributed by atoms with E-state index in [1.165, 1.54) is 20.2 Å². The van der Waals surface area contributed by atoms with Gasteiger partial charge in [0.15, 0.2) is 5.69 Å². The molecular weight excluding hydrogens is 219 g/mol. The summed E-state index contributed by atoms with van der Waals surface area (Å²) in [6, 6.07) is -0.662. The number of halogens is 4. The first-order valence-electron chi connectivity index (χ1n) is 3.68. The van der Waals surface area contributed by atoms with Crippen LogP contribution in [0, 0.1) is 0 Å². The Morgan fingerprint density at radius 2 is 2.00 bits per heavy atom. The van der Waals surface area contributed by atoms with E-state index in [9.17, 15) is 13.2 Å². The van der Waals surface area contributed by atoms with Crippen molar-refractivity contribution < 1.29 is 13.2 Å². The minimum absolute atomic E-state index is 0. The Morgan fingerprint density at radius 1 is 1.50 bits per heavy atom. The summed E-state index contributed by atoms with van der Waals surface area (Å²) >= 11 is 0. The number of hydrogen-bond donors (Lipinski definition) is 1. The second kappa shape index (κ2) is 4.18. The van der Waals surface area contributed by atoms with Crippen molar-refractivity contribution in [1.29, 1.82) is 0 Å². The normalized spacial score (nSPS) is 13.6. The van der Waals surface area contributed by atoms with E-state index in [2.05, 4.69) is 5.10 Å². The highest BCUT2D eigenvalue weighted by molar-refractivity contribution is 5.85. The van der Waals surface area contributed by atoms with Crippen LogP contribution in [0.2, 0.25) is 0 Å². The Bertz CT molecular complexity index is 306. The molecule has 0 saturated carbocycles. The molecule has 0 spiro atoms. The Balaban J connectivity index is 0.00000169. The monoisotopic (exact) mass is 229 g/mol. The average molecular weight is 230 g/mol. The van der Waals surface area contributed by atoms with Crippen LogP contribution in [0.1, 0.15) is 24.2 Å². The molecule has 1 heterocycles. The smallest absolute Gasteiger partial charge is 0.324 e. The van der Waals surface area contributed by atoms with Crippen LogP contribution in [-0.4, -0.2) is 9.78 Å². The van der Waals surface area contributed by atoms with Crippen molar-refractivity contribution >= 4 is 12.4 Å². The third-order valence-corrected chi connectivity index (χ3v) is 1.62. The summed E-state index contributed by atoms with van der Waals surface area (Å²) in [7, 11) is 1.43. The molecule has 0 bridgehead atoms. The highest BCUT2D eigenvalue weighted by atomic mass is 35.5. The maximum Gasteiger partial charge on any atom is 0.435 e. The molecule has 0 aliphatic carbocycles. The Kier molecular flexibility index (Phi) is 3.96. The highest BCUT2D eigenvalue weighted by Crippen LogP contribution is 2.32. The van der Waals surface area contributed by atoms with Gasteiger partial charge in [-0.3, -0.25) is 4.68 Å². The van der Waals surface area contributed by atoms with Gasteiger partial charge in [-0.05, 0) is 6.92 Å². The third-order valence-electron chi connectivity index (χ3n) is 1.62. The molecule has 0 saturated heterocycles. The summed E-state index contributed by atoms with van der Waals surface area (Å²) in [5.41, 5.74) is 4.50. The van der Waals surface area contributed by atoms with E-state index in [1.54, 1.807) is 0 Å². The molecule has 1 aromatic rings. The molecule has 0 radical (unpaired) electrons. The maximum absolute atomic E-state index is 12.3. The fourth-order valence-electron chi connectivity index (χ4n) is 1.06. The van der Waals surface area contributed by atoms with E-state index in [-0.39, 0.29) is 18.0 Å². The molecule has 0 fully saturated rings. The summed E-state index contributed by atoms with van der Waals surface area (Å²) in [6.45, 7) is 1.49. The van der Waals surface area contributed by atoms with Crippen LogP contribution >= 0.6 is 12.4 Å². The zero-order chi connectivity index (χ0) is 10.2. The van der Waals surface area contributed by atoms with Gasteiger partial charge in [0.05, 0.1) is 0 Å². The highest BCUT2D eigenvalue weighted by Gasteiger charge is 2.37. The summed E-state index contributed by atoms with van der Waals surface area (Å²) in [5.74, 6) is 0. The van der Waals surface area contributed by atoms with Gasteiger partial charge in [-0.25, -0.2) is 0 Å². The average Bonchev–Trinajstić information content (AvgIpc) is 2.29. The van der Waals surface area contributed by atoms with Gasteiger partial charge < -0.3 is 5.73 Å². The molecule has 1 rings (SSSR count). The van der Waals surface area contributed by atoms with E-state index in [0.29, 0.717) is 0 Å². The summed E-state index contributed by atoms with van der Waals surface area (Å²) in [5, 5.41) is 3.31. The number of rotatable bonds is 1. The molecule has 7 heteroatoms. The van der Waals surface area contributed by atoms with E-state index < -0.39 is 17.9 Å². The van der Waals surface area contributed by atoms with Crippen molar-refractivity contribution in [1.82, 2.24) is 9.78 Å². The Hall–Kier alpha value is -0.750. The van der Waals surface area contributed by atoms with E-state index in [1.807, 2.05) is 0 Å². The number of nitrogens with two attached hydrogens (primary N) is 1.